The summed E-state index contributed by atoms with van der Waals surface area (Å²) in [7, 11) is 0. The monoisotopic (exact) mass is 405 g/mol. The van der Waals surface area contributed by atoms with Crippen molar-refractivity contribution >= 4 is 39.9 Å². The molecule has 27 heavy (non-hydrogen) atoms. The Hall–Kier alpha value is -2.71. The molecule has 0 spiro atoms. The molecule has 1 aliphatic rings. The van der Waals surface area contributed by atoms with Gasteiger partial charge in [-0.25, -0.2) is 9.37 Å². The summed E-state index contributed by atoms with van der Waals surface area (Å²) in [6.07, 6.45) is 3.35. The third-order valence-electron chi connectivity index (χ3n) is 4.18. The standard InChI is InChI=1S/C18H13ClFN3O3S/c19-13-7-11(20)1-2-12(13)17(25)23-5-3-14-15(8-23)27-18(21-14)22-16(24)10-4-6-26-9-10/h1-2,4,6-7,9H,3,5,8H2,(H,21,22,24). The van der Waals surface area contributed by atoms with Gasteiger partial charge in [0.05, 0.1) is 34.7 Å². The zero-order valence-electron chi connectivity index (χ0n) is 13.9. The first kappa shape index (κ1) is 17.7. The predicted molar refractivity (Wildman–Crippen MR) is 98.6 cm³/mol. The number of aromatic nitrogens is 1. The number of furan rings is 1. The molecule has 4 rings (SSSR count). The number of hydrogen-bond acceptors (Lipinski definition) is 5. The number of anilines is 1. The van der Waals surface area contributed by atoms with E-state index in [4.69, 9.17) is 16.0 Å². The third-order valence-corrected chi connectivity index (χ3v) is 5.49. The molecule has 3 heterocycles. The van der Waals surface area contributed by atoms with Crippen molar-refractivity contribution in [3.63, 3.8) is 0 Å². The fourth-order valence-electron chi connectivity index (χ4n) is 2.82. The van der Waals surface area contributed by atoms with Gasteiger partial charge in [-0.15, -0.1) is 0 Å². The van der Waals surface area contributed by atoms with Gasteiger partial charge >= 0.3 is 0 Å². The van der Waals surface area contributed by atoms with Gasteiger partial charge in [0.25, 0.3) is 11.8 Å². The SMILES string of the molecule is O=C(Nc1nc2c(s1)CN(C(=O)c1ccc(F)cc1Cl)CC2)c1ccoc1. The zero-order valence-corrected chi connectivity index (χ0v) is 15.4. The Labute approximate surface area is 162 Å². The number of amides is 2. The van der Waals surface area contributed by atoms with E-state index in [0.717, 1.165) is 16.6 Å². The lowest BCUT2D eigenvalue weighted by Gasteiger charge is -2.26. The largest absolute Gasteiger partial charge is 0.472 e. The summed E-state index contributed by atoms with van der Waals surface area (Å²) in [4.78, 5) is 31.8. The van der Waals surface area contributed by atoms with E-state index in [9.17, 15) is 14.0 Å². The highest BCUT2D eigenvalue weighted by Crippen LogP contribution is 2.30. The lowest BCUT2D eigenvalue weighted by Crippen LogP contribution is -2.35. The van der Waals surface area contributed by atoms with Crippen LogP contribution in [0.4, 0.5) is 9.52 Å². The van der Waals surface area contributed by atoms with Crippen molar-refractivity contribution in [2.45, 2.75) is 13.0 Å². The van der Waals surface area contributed by atoms with Crippen LogP contribution in [0.5, 0.6) is 0 Å². The molecule has 0 aliphatic carbocycles. The van der Waals surface area contributed by atoms with Crippen LogP contribution < -0.4 is 5.32 Å². The van der Waals surface area contributed by atoms with Gasteiger partial charge in [-0.3, -0.25) is 14.9 Å². The Kier molecular flexibility index (Phi) is 4.67. The number of hydrogen-bond donors (Lipinski definition) is 1. The van der Waals surface area contributed by atoms with Gasteiger partial charge in [0, 0.05) is 17.8 Å². The van der Waals surface area contributed by atoms with Crippen LogP contribution in [0.2, 0.25) is 5.02 Å². The normalized spacial score (nSPS) is 13.3. The number of thiazole rings is 1. The molecule has 0 saturated carbocycles. The summed E-state index contributed by atoms with van der Waals surface area (Å²) in [5.41, 5.74) is 1.53. The molecule has 0 fully saturated rings. The van der Waals surface area contributed by atoms with Crippen LogP contribution in [0.3, 0.4) is 0 Å². The van der Waals surface area contributed by atoms with Crippen molar-refractivity contribution in [1.82, 2.24) is 9.88 Å². The number of nitrogens with one attached hydrogen (secondary N) is 1. The van der Waals surface area contributed by atoms with Gasteiger partial charge in [0.2, 0.25) is 0 Å². The number of carbonyl (C=O) groups excluding carboxylic acids is 2. The lowest BCUT2D eigenvalue weighted by atomic mass is 10.1. The average molecular weight is 406 g/mol. The molecule has 1 aromatic carbocycles. The fourth-order valence-corrected chi connectivity index (χ4v) is 4.09. The van der Waals surface area contributed by atoms with Crippen molar-refractivity contribution < 1.29 is 18.4 Å². The quantitative estimate of drug-likeness (QED) is 0.715. The molecule has 138 valence electrons. The van der Waals surface area contributed by atoms with Crippen LogP contribution in [-0.2, 0) is 13.0 Å². The van der Waals surface area contributed by atoms with E-state index in [2.05, 4.69) is 10.3 Å². The minimum atomic E-state index is -0.488. The minimum Gasteiger partial charge on any atom is -0.472 e. The Morgan fingerprint density at radius 3 is 2.93 bits per heavy atom. The number of fused-ring (bicyclic) bond motifs is 1. The predicted octanol–water partition coefficient (Wildman–Crippen LogP) is 3.98. The van der Waals surface area contributed by atoms with Crippen LogP contribution in [0.25, 0.3) is 0 Å². The molecular formula is C18H13ClFN3O3S. The van der Waals surface area contributed by atoms with Crippen LogP contribution in [0.15, 0.2) is 41.2 Å². The van der Waals surface area contributed by atoms with Gasteiger partial charge in [-0.2, -0.15) is 0 Å². The Bertz CT molecular complexity index is 1020. The first-order valence-electron chi connectivity index (χ1n) is 8.07. The van der Waals surface area contributed by atoms with E-state index in [1.807, 2.05) is 0 Å². The molecule has 0 atom stereocenters. The molecule has 0 radical (unpaired) electrons. The summed E-state index contributed by atoms with van der Waals surface area (Å²) in [5.74, 6) is -1.05. The maximum Gasteiger partial charge on any atom is 0.260 e. The molecular weight excluding hydrogens is 393 g/mol. The van der Waals surface area contributed by atoms with E-state index < -0.39 is 5.82 Å². The van der Waals surface area contributed by atoms with E-state index in [-0.39, 0.29) is 22.4 Å². The lowest BCUT2D eigenvalue weighted by molar-refractivity contribution is 0.0736. The molecule has 2 aromatic heterocycles. The van der Waals surface area contributed by atoms with Gasteiger partial charge in [0.1, 0.15) is 12.1 Å². The van der Waals surface area contributed by atoms with Gasteiger partial charge < -0.3 is 9.32 Å². The van der Waals surface area contributed by atoms with Crippen LogP contribution >= 0.6 is 22.9 Å². The maximum absolute atomic E-state index is 13.2. The molecule has 0 saturated heterocycles. The number of nitrogens with zero attached hydrogens (tertiary/aromatic N) is 2. The van der Waals surface area contributed by atoms with Crippen molar-refractivity contribution in [2.75, 3.05) is 11.9 Å². The Morgan fingerprint density at radius 2 is 2.19 bits per heavy atom. The molecule has 0 unspecified atom stereocenters. The fraction of sp³-hybridized carbons (Fsp3) is 0.167. The number of benzene rings is 1. The molecule has 0 bridgehead atoms. The molecule has 2 amide bonds. The maximum atomic E-state index is 13.2. The third kappa shape index (κ3) is 3.58. The van der Waals surface area contributed by atoms with Gasteiger partial charge in [-0.05, 0) is 24.3 Å². The van der Waals surface area contributed by atoms with E-state index >= 15 is 0 Å². The van der Waals surface area contributed by atoms with E-state index in [1.54, 1.807) is 11.0 Å². The molecule has 6 nitrogen and oxygen atoms in total. The summed E-state index contributed by atoms with van der Waals surface area (Å²) in [6, 6.07) is 5.29. The number of carbonyl (C=O) groups is 2. The number of halogens is 2. The summed E-state index contributed by atoms with van der Waals surface area (Å²) in [5, 5.41) is 3.29. The number of rotatable bonds is 3. The Morgan fingerprint density at radius 1 is 1.33 bits per heavy atom. The molecule has 1 N–H and O–H groups in total. The molecule has 3 aromatic rings. The second-order valence-electron chi connectivity index (χ2n) is 5.96. The van der Waals surface area contributed by atoms with Crippen LogP contribution in [-0.4, -0.2) is 28.2 Å². The summed E-state index contributed by atoms with van der Waals surface area (Å²) >= 11 is 7.33. The summed E-state index contributed by atoms with van der Waals surface area (Å²) < 4.78 is 18.1. The zero-order chi connectivity index (χ0) is 19.0. The van der Waals surface area contributed by atoms with Crippen LogP contribution in [0, 0.1) is 5.82 Å². The molecule has 1 aliphatic heterocycles. The first-order chi connectivity index (χ1) is 13.0. The first-order valence-corrected chi connectivity index (χ1v) is 9.27. The van der Waals surface area contributed by atoms with Gasteiger partial charge in [-0.1, -0.05) is 22.9 Å². The molecule has 9 heteroatoms. The van der Waals surface area contributed by atoms with Gasteiger partial charge in [0.15, 0.2) is 5.13 Å². The van der Waals surface area contributed by atoms with E-state index in [0.29, 0.717) is 30.2 Å². The second kappa shape index (κ2) is 7.13. The van der Waals surface area contributed by atoms with Crippen molar-refractivity contribution in [2.24, 2.45) is 0 Å². The minimum absolute atomic E-state index is 0.0863. The Balaban J connectivity index is 1.49. The van der Waals surface area contributed by atoms with E-state index in [1.165, 1.54) is 36.0 Å². The van der Waals surface area contributed by atoms with Crippen LogP contribution in [0.1, 0.15) is 31.3 Å². The van der Waals surface area contributed by atoms with Crippen molar-refractivity contribution in [3.05, 3.63) is 69.3 Å². The van der Waals surface area contributed by atoms with Crippen molar-refractivity contribution in [1.29, 1.82) is 0 Å². The summed E-state index contributed by atoms with van der Waals surface area (Å²) in [6.45, 7) is 0.833. The van der Waals surface area contributed by atoms with Crippen molar-refractivity contribution in [3.8, 4) is 0 Å². The highest BCUT2D eigenvalue weighted by atomic mass is 35.5. The smallest absolute Gasteiger partial charge is 0.260 e. The topological polar surface area (TPSA) is 75.4 Å². The average Bonchev–Trinajstić information content (AvgIpc) is 3.30. The second-order valence-corrected chi connectivity index (χ2v) is 7.45. The highest BCUT2D eigenvalue weighted by Gasteiger charge is 2.26. The highest BCUT2D eigenvalue weighted by molar-refractivity contribution is 7.15.